The van der Waals surface area contributed by atoms with Crippen LogP contribution in [0, 0.1) is 0 Å². The van der Waals surface area contributed by atoms with Gasteiger partial charge in [-0.3, -0.25) is 18.7 Å². The molecule has 0 spiro atoms. The molecule has 0 aliphatic carbocycles. The highest BCUT2D eigenvalue weighted by molar-refractivity contribution is 7.59. The van der Waals surface area contributed by atoms with E-state index in [1.54, 1.807) is 13.8 Å². The Kier molecular flexibility index (Phi) is 9.08. The standard InChI is InChI=1S/C20H29FN7O7P/c1-5-32-19(29)11(3)26-36(31,27-12(4)20(30)33-6-2)10-34-14-7-13(21)18(35-14)28-9-25-15-16(22)23-8-24-17(15)28/h7-9,11-12,14,18H,5-6,10H2,1-4H3,(H2,22,23,24)(H2,26,27,31)/t11-,12-,14-,18+/m0/s1. The summed E-state index contributed by atoms with van der Waals surface area (Å²) in [6.07, 6.45) is 0.484. The van der Waals surface area contributed by atoms with Crippen molar-refractivity contribution < 1.29 is 37.5 Å². The lowest BCUT2D eigenvalue weighted by atomic mass is 10.4. The highest BCUT2D eigenvalue weighted by atomic mass is 31.2. The molecule has 0 bridgehead atoms. The lowest BCUT2D eigenvalue weighted by Gasteiger charge is -2.27. The van der Waals surface area contributed by atoms with Crippen LogP contribution in [0.15, 0.2) is 24.6 Å². The molecule has 16 heteroatoms. The summed E-state index contributed by atoms with van der Waals surface area (Å²) in [6.45, 7) is 6.40. The predicted molar refractivity (Wildman–Crippen MR) is 125 cm³/mol. The highest BCUT2D eigenvalue weighted by Gasteiger charge is 2.36. The molecule has 4 N–H and O–H groups in total. The Morgan fingerprint density at radius 2 is 1.78 bits per heavy atom. The van der Waals surface area contributed by atoms with Gasteiger partial charge in [0.15, 0.2) is 29.8 Å². The van der Waals surface area contributed by atoms with Gasteiger partial charge in [0.05, 0.1) is 19.5 Å². The van der Waals surface area contributed by atoms with Crippen LogP contribution in [0.1, 0.15) is 33.9 Å². The Balaban J connectivity index is 1.72. The molecule has 0 saturated carbocycles. The number of nitrogens with one attached hydrogen (secondary N) is 2. The van der Waals surface area contributed by atoms with E-state index in [9.17, 15) is 18.5 Å². The summed E-state index contributed by atoms with van der Waals surface area (Å²) >= 11 is 0. The Morgan fingerprint density at radius 1 is 1.17 bits per heavy atom. The number of rotatable bonds is 12. The molecule has 0 unspecified atom stereocenters. The van der Waals surface area contributed by atoms with Gasteiger partial charge in [0.1, 0.15) is 30.3 Å². The first-order valence-corrected chi connectivity index (χ1v) is 13.0. The maximum atomic E-state index is 14.8. The van der Waals surface area contributed by atoms with Crippen LogP contribution in [0.3, 0.4) is 0 Å². The second kappa shape index (κ2) is 11.8. The monoisotopic (exact) mass is 529 g/mol. The number of carbonyl (C=O) groups is 2. The Labute approximate surface area is 206 Å². The normalized spacial score (nSPS) is 19.6. The molecule has 0 radical (unpaired) electrons. The number of nitrogen functional groups attached to an aromatic ring is 1. The Bertz CT molecular complexity index is 1150. The lowest BCUT2D eigenvalue weighted by molar-refractivity contribution is -0.145. The number of aromatic nitrogens is 4. The smallest absolute Gasteiger partial charge is 0.323 e. The first-order chi connectivity index (χ1) is 17.1. The van der Waals surface area contributed by atoms with Gasteiger partial charge in [-0.25, -0.2) is 29.5 Å². The molecule has 0 fully saturated rings. The molecule has 1 aliphatic rings. The fraction of sp³-hybridized carbons (Fsp3) is 0.550. The fourth-order valence-corrected chi connectivity index (χ4v) is 5.37. The second-order valence-corrected chi connectivity index (χ2v) is 9.99. The van der Waals surface area contributed by atoms with Crippen LogP contribution >= 0.6 is 7.44 Å². The number of carbonyl (C=O) groups excluding carboxylic acids is 2. The quantitative estimate of drug-likeness (QED) is 0.265. The zero-order valence-electron chi connectivity index (χ0n) is 20.2. The summed E-state index contributed by atoms with van der Waals surface area (Å²) in [4.78, 5) is 36.1. The maximum Gasteiger partial charge on any atom is 0.323 e. The molecule has 0 amide bonds. The van der Waals surface area contributed by atoms with E-state index in [0.29, 0.717) is 0 Å². The van der Waals surface area contributed by atoms with Crippen LogP contribution in [0.2, 0.25) is 0 Å². The number of hydrogen-bond donors (Lipinski definition) is 3. The van der Waals surface area contributed by atoms with E-state index >= 15 is 0 Å². The molecular formula is C20H29FN7O7P. The molecule has 14 nitrogen and oxygen atoms in total. The molecule has 36 heavy (non-hydrogen) atoms. The molecule has 0 aromatic carbocycles. The van der Waals surface area contributed by atoms with Crippen molar-refractivity contribution in [1.82, 2.24) is 29.7 Å². The summed E-state index contributed by atoms with van der Waals surface area (Å²) in [5.74, 6) is -1.88. The molecule has 1 aliphatic heterocycles. The van der Waals surface area contributed by atoms with E-state index in [2.05, 4.69) is 25.1 Å². The van der Waals surface area contributed by atoms with Crippen molar-refractivity contribution in [3.8, 4) is 0 Å². The van der Waals surface area contributed by atoms with Crippen molar-refractivity contribution in [2.45, 2.75) is 52.3 Å². The van der Waals surface area contributed by atoms with Crippen molar-refractivity contribution in [2.75, 3.05) is 25.3 Å². The van der Waals surface area contributed by atoms with Crippen molar-refractivity contribution >= 4 is 36.4 Å². The SMILES string of the molecule is CCOC(=O)[C@H](C)NP(=O)(CO[C@@H]1C=C(F)[C@H](n2cnc3c(N)ncnc32)O1)N[C@@H](C)C(=O)OCC. The molecule has 3 heterocycles. The third kappa shape index (κ3) is 6.42. The lowest BCUT2D eigenvalue weighted by Crippen LogP contribution is -2.43. The molecule has 3 rings (SSSR count). The van der Waals surface area contributed by atoms with Crippen LogP contribution in [0.4, 0.5) is 10.2 Å². The number of imidazole rings is 1. The number of esters is 2. The molecular weight excluding hydrogens is 500 g/mol. The van der Waals surface area contributed by atoms with Gasteiger partial charge in [-0.1, -0.05) is 0 Å². The van der Waals surface area contributed by atoms with Crippen molar-refractivity contribution in [3.05, 3.63) is 24.6 Å². The molecule has 198 valence electrons. The van der Waals surface area contributed by atoms with Gasteiger partial charge in [-0.2, -0.15) is 0 Å². The third-order valence-electron chi connectivity index (χ3n) is 4.94. The van der Waals surface area contributed by atoms with Crippen LogP contribution in [0.25, 0.3) is 11.2 Å². The van der Waals surface area contributed by atoms with Crippen LogP contribution in [-0.4, -0.2) is 69.4 Å². The second-order valence-electron chi connectivity index (χ2n) is 7.73. The molecule has 0 saturated heterocycles. The zero-order valence-corrected chi connectivity index (χ0v) is 21.1. The van der Waals surface area contributed by atoms with Gasteiger partial charge in [0.2, 0.25) is 7.44 Å². The fourth-order valence-electron chi connectivity index (χ4n) is 3.33. The van der Waals surface area contributed by atoms with Crippen LogP contribution < -0.4 is 15.9 Å². The van der Waals surface area contributed by atoms with E-state index < -0.39 is 56.2 Å². The summed E-state index contributed by atoms with van der Waals surface area (Å²) in [6, 6.07) is -2.01. The van der Waals surface area contributed by atoms with E-state index in [1.165, 1.54) is 31.1 Å². The summed E-state index contributed by atoms with van der Waals surface area (Å²) in [5, 5.41) is 5.26. The maximum absolute atomic E-state index is 14.8. The van der Waals surface area contributed by atoms with E-state index in [4.69, 9.17) is 24.7 Å². The zero-order chi connectivity index (χ0) is 26.5. The van der Waals surface area contributed by atoms with E-state index in [1.807, 2.05) is 0 Å². The van der Waals surface area contributed by atoms with E-state index in [0.717, 1.165) is 6.08 Å². The van der Waals surface area contributed by atoms with Crippen molar-refractivity contribution in [1.29, 1.82) is 0 Å². The first kappa shape index (κ1) is 27.6. The minimum atomic E-state index is -3.80. The topological polar surface area (TPSA) is 182 Å². The van der Waals surface area contributed by atoms with Crippen molar-refractivity contribution in [2.24, 2.45) is 0 Å². The number of nitrogens with zero attached hydrogens (tertiary/aromatic N) is 4. The number of fused-ring (bicyclic) bond motifs is 1. The molecule has 2 aromatic heterocycles. The highest BCUT2D eigenvalue weighted by Crippen LogP contribution is 2.40. The number of hydrogen-bond acceptors (Lipinski definition) is 11. The van der Waals surface area contributed by atoms with E-state index in [-0.39, 0.29) is 30.2 Å². The number of anilines is 1. The summed E-state index contributed by atoms with van der Waals surface area (Å²) in [5.41, 5.74) is 6.30. The van der Waals surface area contributed by atoms with Gasteiger partial charge in [0, 0.05) is 6.08 Å². The number of ether oxygens (including phenoxy) is 4. The molecule has 4 atom stereocenters. The van der Waals surface area contributed by atoms with Crippen LogP contribution in [-0.2, 0) is 33.1 Å². The largest absolute Gasteiger partial charge is 0.465 e. The first-order valence-electron chi connectivity index (χ1n) is 11.1. The molecule has 2 aromatic rings. The van der Waals surface area contributed by atoms with Crippen molar-refractivity contribution in [3.63, 3.8) is 0 Å². The van der Waals surface area contributed by atoms with Gasteiger partial charge >= 0.3 is 11.9 Å². The number of halogens is 1. The average molecular weight is 529 g/mol. The van der Waals surface area contributed by atoms with Gasteiger partial charge < -0.3 is 24.7 Å². The van der Waals surface area contributed by atoms with Gasteiger partial charge in [0.25, 0.3) is 0 Å². The Morgan fingerprint density at radius 3 is 2.36 bits per heavy atom. The number of nitrogens with two attached hydrogens (primary N) is 1. The van der Waals surface area contributed by atoms with Crippen LogP contribution in [0.5, 0.6) is 0 Å². The minimum Gasteiger partial charge on any atom is -0.465 e. The van der Waals surface area contributed by atoms with Gasteiger partial charge in [-0.05, 0) is 27.7 Å². The van der Waals surface area contributed by atoms with Gasteiger partial charge in [-0.15, -0.1) is 0 Å². The predicted octanol–water partition coefficient (Wildman–Crippen LogP) is 1.37. The minimum absolute atomic E-state index is 0.124. The Hall–Kier alpha value is -2.97. The third-order valence-corrected chi connectivity index (χ3v) is 7.06. The summed E-state index contributed by atoms with van der Waals surface area (Å²) in [7, 11) is -3.80. The summed E-state index contributed by atoms with van der Waals surface area (Å²) < 4.78 is 50.8. The average Bonchev–Trinajstić information content (AvgIpc) is 3.41.